The van der Waals surface area contributed by atoms with E-state index in [4.69, 9.17) is 0 Å². The molecule has 2 unspecified atom stereocenters. The molecule has 1 saturated heterocycles. The fourth-order valence-corrected chi connectivity index (χ4v) is 6.02. The molecule has 1 aliphatic carbocycles. The van der Waals surface area contributed by atoms with E-state index in [1.807, 2.05) is 0 Å². The van der Waals surface area contributed by atoms with Gasteiger partial charge in [-0.2, -0.15) is 0 Å². The van der Waals surface area contributed by atoms with Gasteiger partial charge >= 0.3 is 0 Å². The molecule has 1 fully saturated rings. The van der Waals surface area contributed by atoms with Crippen molar-refractivity contribution in [3.63, 3.8) is 0 Å². The molecule has 2 heteroatoms. The number of hydrogen-bond acceptors (Lipinski definition) is 1. The van der Waals surface area contributed by atoms with Crippen LogP contribution in [0.2, 0.25) is 0 Å². The van der Waals surface area contributed by atoms with Crippen LogP contribution < -0.4 is 5.32 Å². The Morgan fingerprint density at radius 3 is 2.24 bits per heavy atom. The molecule has 3 aromatic rings. The summed E-state index contributed by atoms with van der Waals surface area (Å²) in [6.45, 7) is 1.15. The number of aromatic amines is 1. The van der Waals surface area contributed by atoms with Crippen LogP contribution in [0.15, 0.2) is 60.7 Å². The van der Waals surface area contributed by atoms with Crippen molar-refractivity contribution in [1.29, 1.82) is 0 Å². The highest BCUT2D eigenvalue weighted by Gasteiger charge is 2.24. The minimum absolute atomic E-state index is 0.493. The highest BCUT2D eigenvalue weighted by molar-refractivity contribution is 6.00. The lowest BCUT2D eigenvalue weighted by molar-refractivity contribution is 0.408. The smallest absolute Gasteiger partial charge is 0.0541 e. The molecule has 0 saturated carbocycles. The number of rotatable bonds is 2. The van der Waals surface area contributed by atoms with E-state index in [1.165, 1.54) is 105 Å². The number of benzene rings is 2. The molecule has 33 heavy (non-hydrogen) atoms. The van der Waals surface area contributed by atoms with Crippen molar-refractivity contribution in [2.24, 2.45) is 5.92 Å². The van der Waals surface area contributed by atoms with Gasteiger partial charge in [0.25, 0.3) is 0 Å². The van der Waals surface area contributed by atoms with Gasteiger partial charge in [-0.15, -0.1) is 0 Å². The van der Waals surface area contributed by atoms with Crippen LogP contribution in [0.25, 0.3) is 27.7 Å². The number of H-pyrrole nitrogens is 1. The third kappa shape index (κ3) is 5.61. The van der Waals surface area contributed by atoms with Crippen molar-refractivity contribution < 1.29 is 0 Å². The average Bonchev–Trinajstić information content (AvgIpc) is 3.12. The average molecular weight is 441 g/mol. The summed E-state index contributed by atoms with van der Waals surface area (Å²) in [4.78, 5) is 3.79. The summed E-state index contributed by atoms with van der Waals surface area (Å²) in [6, 6.07) is 20.3. The van der Waals surface area contributed by atoms with Crippen LogP contribution in [0.5, 0.6) is 0 Å². The Kier molecular flexibility index (Phi) is 7.63. The van der Waals surface area contributed by atoms with Crippen LogP contribution in [0.4, 0.5) is 0 Å². The van der Waals surface area contributed by atoms with Gasteiger partial charge < -0.3 is 10.3 Å². The second-order valence-electron chi connectivity index (χ2n) is 10.3. The topological polar surface area (TPSA) is 27.8 Å². The Balaban J connectivity index is 1.53. The minimum Gasteiger partial charge on any atom is -0.354 e. The van der Waals surface area contributed by atoms with E-state index in [-0.39, 0.29) is 0 Å². The maximum atomic E-state index is 3.93. The molecule has 2 N–H and O–H groups in total. The summed E-state index contributed by atoms with van der Waals surface area (Å²) >= 11 is 0. The Morgan fingerprint density at radius 1 is 0.667 bits per heavy atom. The number of allylic oxidation sites excluding steroid dienone is 1. The summed E-state index contributed by atoms with van der Waals surface area (Å²) < 4.78 is 0. The molecule has 2 nitrogen and oxygen atoms in total. The number of hydrogen-bond donors (Lipinski definition) is 2. The molecule has 2 atom stereocenters. The lowest BCUT2D eigenvalue weighted by Gasteiger charge is -2.17. The van der Waals surface area contributed by atoms with Gasteiger partial charge in [0.2, 0.25) is 0 Å². The molecular formula is C31H40N2. The van der Waals surface area contributed by atoms with Crippen molar-refractivity contribution in [3.05, 3.63) is 66.2 Å². The molecule has 0 radical (unpaired) electrons. The Labute approximate surface area is 199 Å². The van der Waals surface area contributed by atoms with Crippen LogP contribution in [-0.2, 0) is 0 Å². The lowest BCUT2D eigenvalue weighted by atomic mass is 9.87. The lowest BCUT2D eigenvalue weighted by Crippen LogP contribution is -2.28. The van der Waals surface area contributed by atoms with Crippen molar-refractivity contribution in [3.8, 4) is 11.3 Å². The van der Waals surface area contributed by atoms with E-state index in [0.717, 1.165) is 12.5 Å². The standard InChI is InChI=1S/C31H40N2/c1-2-4-6-13-21-32-27-20-19-24(14-8-5-3-1)22-26(23-27)30-28-17-11-12-18-29(28)33-31(30)25-15-9-7-10-16-25/h7,9-12,15-18,23-24,27,32-33H,1-6,8,13-14,19-22H2. The molecule has 0 spiro atoms. The Hall–Kier alpha value is -2.32. The van der Waals surface area contributed by atoms with E-state index >= 15 is 0 Å². The van der Waals surface area contributed by atoms with Crippen LogP contribution in [0.3, 0.4) is 0 Å². The van der Waals surface area contributed by atoms with Gasteiger partial charge in [0.05, 0.1) is 5.69 Å². The van der Waals surface area contributed by atoms with Gasteiger partial charge in [-0.3, -0.25) is 0 Å². The predicted molar refractivity (Wildman–Crippen MR) is 142 cm³/mol. The van der Waals surface area contributed by atoms with E-state index in [2.05, 4.69) is 71.0 Å². The SMILES string of the molecule is C1=C(c2c(-c3ccccc3)[nH]c3ccccc23)CC2CCCCCCCCCCNC1CC2. The van der Waals surface area contributed by atoms with Crippen molar-refractivity contribution in [1.82, 2.24) is 10.3 Å². The molecule has 0 amide bonds. The third-order valence-electron chi connectivity index (χ3n) is 7.83. The van der Waals surface area contributed by atoms with E-state index in [0.29, 0.717) is 6.04 Å². The molecule has 2 aromatic carbocycles. The van der Waals surface area contributed by atoms with Crippen molar-refractivity contribution in [2.45, 2.75) is 83.1 Å². The molecule has 174 valence electrons. The van der Waals surface area contributed by atoms with Crippen molar-refractivity contribution >= 4 is 16.5 Å². The summed E-state index contributed by atoms with van der Waals surface area (Å²) in [6.07, 6.45) is 19.0. The second kappa shape index (κ2) is 11.2. The van der Waals surface area contributed by atoms with Crippen LogP contribution in [0, 0.1) is 5.92 Å². The van der Waals surface area contributed by atoms with Gasteiger partial charge in [0.15, 0.2) is 0 Å². The molecule has 1 aliphatic heterocycles. The fourth-order valence-electron chi connectivity index (χ4n) is 6.02. The highest BCUT2D eigenvalue weighted by Crippen LogP contribution is 2.41. The summed E-state index contributed by atoms with van der Waals surface area (Å²) in [5.41, 5.74) is 6.82. The fraction of sp³-hybridized carbons (Fsp3) is 0.484. The first-order valence-electron chi connectivity index (χ1n) is 13.5. The summed E-state index contributed by atoms with van der Waals surface area (Å²) in [5.74, 6) is 0.797. The second-order valence-corrected chi connectivity index (χ2v) is 10.3. The zero-order chi connectivity index (χ0) is 22.3. The normalized spacial score (nSPS) is 23.5. The number of para-hydroxylation sites is 1. The monoisotopic (exact) mass is 440 g/mol. The zero-order valence-corrected chi connectivity index (χ0v) is 20.1. The number of nitrogens with one attached hydrogen (secondary N) is 2. The van der Waals surface area contributed by atoms with Crippen LogP contribution in [-0.4, -0.2) is 17.6 Å². The van der Waals surface area contributed by atoms with Gasteiger partial charge in [-0.1, -0.05) is 106 Å². The molecule has 2 heterocycles. The van der Waals surface area contributed by atoms with Crippen LogP contribution >= 0.6 is 0 Å². The zero-order valence-electron chi connectivity index (χ0n) is 20.1. The molecule has 5 rings (SSSR count). The summed E-state index contributed by atoms with van der Waals surface area (Å²) in [5, 5.41) is 5.30. The third-order valence-corrected chi connectivity index (χ3v) is 7.83. The number of aromatic nitrogens is 1. The first-order chi connectivity index (χ1) is 16.4. The molecule has 2 aliphatic rings. The first-order valence-corrected chi connectivity index (χ1v) is 13.5. The maximum absolute atomic E-state index is 3.93. The van der Waals surface area contributed by atoms with E-state index in [9.17, 15) is 0 Å². The highest BCUT2D eigenvalue weighted by atomic mass is 14.9. The minimum atomic E-state index is 0.493. The molecule has 1 aromatic heterocycles. The van der Waals surface area contributed by atoms with Gasteiger partial charge in [0, 0.05) is 22.5 Å². The number of fused-ring (bicyclic) bond motifs is 4. The first kappa shape index (κ1) is 22.5. The summed E-state index contributed by atoms with van der Waals surface area (Å²) in [7, 11) is 0. The Bertz CT molecular complexity index is 1050. The molecule has 2 bridgehead atoms. The van der Waals surface area contributed by atoms with Gasteiger partial charge in [-0.05, 0) is 55.3 Å². The van der Waals surface area contributed by atoms with Gasteiger partial charge in [-0.25, -0.2) is 0 Å². The van der Waals surface area contributed by atoms with E-state index < -0.39 is 0 Å². The largest absolute Gasteiger partial charge is 0.354 e. The predicted octanol–water partition coefficient (Wildman–Crippen LogP) is 8.50. The Morgan fingerprint density at radius 2 is 1.39 bits per heavy atom. The van der Waals surface area contributed by atoms with Crippen LogP contribution in [0.1, 0.15) is 82.6 Å². The quantitative estimate of drug-likeness (QED) is 0.411. The molecular weight excluding hydrogens is 400 g/mol. The van der Waals surface area contributed by atoms with Crippen molar-refractivity contribution in [2.75, 3.05) is 6.54 Å². The maximum Gasteiger partial charge on any atom is 0.0541 e. The van der Waals surface area contributed by atoms with E-state index in [1.54, 1.807) is 5.57 Å². The van der Waals surface area contributed by atoms with Gasteiger partial charge in [0.1, 0.15) is 0 Å².